The topological polar surface area (TPSA) is 43.6 Å². The van der Waals surface area contributed by atoms with Crippen LogP contribution in [0, 0.1) is 13.8 Å². The summed E-state index contributed by atoms with van der Waals surface area (Å²) in [6, 6.07) is 6.12. The summed E-state index contributed by atoms with van der Waals surface area (Å²) < 4.78 is 1.73. The number of nitrogens with zero attached hydrogens (tertiary/aromatic N) is 4. The minimum absolute atomic E-state index is 0.115. The third kappa shape index (κ3) is 2.07. The molecule has 0 saturated heterocycles. The van der Waals surface area contributed by atoms with Crippen molar-refractivity contribution in [2.75, 3.05) is 0 Å². The molecule has 0 aliphatic heterocycles. The first kappa shape index (κ1) is 12.4. The minimum Gasteiger partial charge on any atom is -0.214 e. The average molecular weight is 293 g/mol. The van der Waals surface area contributed by atoms with Crippen LogP contribution in [0.5, 0.6) is 0 Å². The van der Waals surface area contributed by atoms with Crippen LogP contribution in [0.2, 0.25) is 10.4 Å². The molecule has 0 N–H and O–H groups in total. The van der Waals surface area contributed by atoms with E-state index >= 15 is 0 Å². The molecule has 3 aromatic rings. The Morgan fingerprint density at radius 3 is 2.63 bits per heavy atom. The zero-order chi connectivity index (χ0) is 13.6. The summed E-state index contributed by atoms with van der Waals surface area (Å²) in [5.41, 5.74) is 3.86. The number of halogens is 2. The quantitative estimate of drug-likeness (QED) is 0.507. The van der Waals surface area contributed by atoms with Crippen molar-refractivity contribution in [3.8, 4) is 5.69 Å². The maximum absolute atomic E-state index is 6.04. The van der Waals surface area contributed by atoms with Crippen LogP contribution in [0.4, 0.5) is 0 Å². The summed E-state index contributed by atoms with van der Waals surface area (Å²) in [6.45, 7) is 4.08. The highest BCUT2D eigenvalue weighted by atomic mass is 35.5. The summed E-state index contributed by atoms with van der Waals surface area (Å²) in [4.78, 5) is 8.12. The molecule has 0 unspecified atom stereocenters. The van der Waals surface area contributed by atoms with Crippen LogP contribution < -0.4 is 0 Å². The van der Waals surface area contributed by atoms with Crippen LogP contribution in [0.15, 0.2) is 24.4 Å². The van der Waals surface area contributed by atoms with Gasteiger partial charge in [-0.05, 0) is 37.1 Å². The predicted molar refractivity (Wildman–Crippen MR) is 76.2 cm³/mol. The van der Waals surface area contributed by atoms with Crippen molar-refractivity contribution in [3.63, 3.8) is 0 Å². The molecule has 0 fully saturated rings. The number of hydrogen-bond donors (Lipinski definition) is 0. The maximum atomic E-state index is 6.04. The fourth-order valence-corrected chi connectivity index (χ4v) is 2.49. The molecule has 0 aliphatic rings. The van der Waals surface area contributed by atoms with Crippen molar-refractivity contribution < 1.29 is 0 Å². The predicted octanol–water partition coefficient (Wildman–Crippen LogP) is 3.74. The number of fused-ring (bicyclic) bond motifs is 1. The third-order valence-electron chi connectivity index (χ3n) is 2.94. The Hall–Kier alpha value is -1.65. The highest BCUT2D eigenvalue weighted by Gasteiger charge is 2.13. The molecule has 0 aliphatic carbocycles. The van der Waals surface area contributed by atoms with Gasteiger partial charge in [0, 0.05) is 0 Å². The second-order valence-electron chi connectivity index (χ2n) is 4.37. The monoisotopic (exact) mass is 292 g/mol. The average Bonchev–Trinajstić information content (AvgIpc) is 2.73. The molecule has 0 saturated carbocycles. The molecule has 0 amide bonds. The second-order valence-corrected chi connectivity index (χ2v) is 5.06. The fourth-order valence-electron chi connectivity index (χ4n) is 2.07. The van der Waals surface area contributed by atoms with Gasteiger partial charge in [-0.15, -0.1) is 0 Å². The Balaban J connectivity index is 2.31. The summed E-state index contributed by atoms with van der Waals surface area (Å²) in [6.07, 6.45) is 1.65. The smallest absolute Gasteiger partial charge is 0.214 e. The Kier molecular flexibility index (Phi) is 2.92. The molecule has 0 bridgehead atoms. The number of benzene rings is 1. The minimum atomic E-state index is 0.115. The number of aromatic nitrogens is 4. The van der Waals surface area contributed by atoms with Crippen molar-refractivity contribution in [1.29, 1.82) is 0 Å². The van der Waals surface area contributed by atoms with Gasteiger partial charge in [0.25, 0.3) is 0 Å². The van der Waals surface area contributed by atoms with Gasteiger partial charge in [0.05, 0.1) is 17.3 Å². The van der Waals surface area contributed by atoms with Crippen LogP contribution in [-0.2, 0) is 0 Å². The van der Waals surface area contributed by atoms with Gasteiger partial charge in [-0.25, -0.2) is 9.67 Å². The summed E-state index contributed by atoms with van der Waals surface area (Å²) in [7, 11) is 0. The van der Waals surface area contributed by atoms with E-state index in [1.165, 1.54) is 5.56 Å². The van der Waals surface area contributed by atoms with E-state index in [9.17, 15) is 0 Å². The molecule has 96 valence electrons. The van der Waals surface area contributed by atoms with Crippen molar-refractivity contribution in [2.24, 2.45) is 0 Å². The molecule has 4 nitrogen and oxygen atoms in total. The standard InChI is InChI=1S/C13H10Cl2N4/c1-7-3-4-10(8(2)5-7)19-12-9(6-16-19)11(14)17-13(15)18-12/h3-6H,1-2H3. The molecule has 19 heavy (non-hydrogen) atoms. The van der Waals surface area contributed by atoms with Gasteiger partial charge >= 0.3 is 0 Å². The first-order chi connectivity index (χ1) is 9.06. The van der Waals surface area contributed by atoms with E-state index in [0.717, 1.165) is 11.3 Å². The molecule has 0 radical (unpaired) electrons. The third-order valence-corrected chi connectivity index (χ3v) is 3.39. The SMILES string of the molecule is Cc1ccc(-n2ncc3c(Cl)nc(Cl)nc32)c(C)c1. The summed E-state index contributed by atoms with van der Waals surface area (Å²) in [5.74, 6) is 0. The van der Waals surface area contributed by atoms with E-state index < -0.39 is 0 Å². The molecular formula is C13H10Cl2N4. The van der Waals surface area contributed by atoms with Crippen molar-refractivity contribution in [3.05, 3.63) is 46.0 Å². The summed E-state index contributed by atoms with van der Waals surface area (Å²) in [5, 5.41) is 5.44. The van der Waals surface area contributed by atoms with Crippen LogP contribution in [0.3, 0.4) is 0 Å². The van der Waals surface area contributed by atoms with Crippen LogP contribution in [0.1, 0.15) is 11.1 Å². The van der Waals surface area contributed by atoms with Crippen LogP contribution >= 0.6 is 23.2 Å². The zero-order valence-corrected chi connectivity index (χ0v) is 11.9. The second kappa shape index (κ2) is 4.47. The zero-order valence-electron chi connectivity index (χ0n) is 10.4. The summed E-state index contributed by atoms with van der Waals surface area (Å²) >= 11 is 11.9. The normalized spacial score (nSPS) is 11.2. The molecule has 1 aromatic carbocycles. The number of aryl methyl sites for hydroxylation is 2. The maximum Gasteiger partial charge on any atom is 0.225 e. The lowest BCUT2D eigenvalue weighted by molar-refractivity contribution is 0.886. The Morgan fingerprint density at radius 2 is 1.89 bits per heavy atom. The Bertz CT molecular complexity index is 780. The molecule has 3 rings (SSSR count). The first-order valence-electron chi connectivity index (χ1n) is 5.70. The van der Waals surface area contributed by atoms with Gasteiger partial charge in [0.1, 0.15) is 5.15 Å². The van der Waals surface area contributed by atoms with Crippen molar-refractivity contribution in [1.82, 2.24) is 19.7 Å². The fraction of sp³-hybridized carbons (Fsp3) is 0.154. The van der Waals surface area contributed by atoms with Gasteiger partial charge in [-0.3, -0.25) is 0 Å². The van der Waals surface area contributed by atoms with Crippen LogP contribution in [-0.4, -0.2) is 19.7 Å². The lowest BCUT2D eigenvalue weighted by Gasteiger charge is -2.07. The van der Waals surface area contributed by atoms with E-state index in [0.29, 0.717) is 16.2 Å². The van der Waals surface area contributed by atoms with E-state index in [2.05, 4.69) is 21.1 Å². The molecule has 6 heteroatoms. The van der Waals surface area contributed by atoms with Gasteiger partial charge in [-0.2, -0.15) is 10.1 Å². The largest absolute Gasteiger partial charge is 0.225 e. The Labute approximate surface area is 120 Å². The van der Waals surface area contributed by atoms with Gasteiger partial charge < -0.3 is 0 Å². The van der Waals surface area contributed by atoms with Crippen molar-refractivity contribution >= 4 is 34.2 Å². The molecule has 2 aromatic heterocycles. The highest BCUT2D eigenvalue weighted by Crippen LogP contribution is 2.25. The van der Waals surface area contributed by atoms with Crippen molar-refractivity contribution in [2.45, 2.75) is 13.8 Å². The van der Waals surface area contributed by atoms with Gasteiger partial charge in [0.15, 0.2) is 5.65 Å². The van der Waals surface area contributed by atoms with E-state index in [4.69, 9.17) is 23.2 Å². The van der Waals surface area contributed by atoms with Gasteiger partial charge in [0.2, 0.25) is 5.28 Å². The molecule has 0 spiro atoms. The first-order valence-corrected chi connectivity index (χ1v) is 6.46. The molecule has 0 atom stereocenters. The number of rotatable bonds is 1. The molecule has 2 heterocycles. The van der Waals surface area contributed by atoms with E-state index in [-0.39, 0.29) is 5.28 Å². The highest BCUT2D eigenvalue weighted by molar-refractivity contribution is 6.35. The molecular weight excluding hydrogens is 283 g/mol. The van der Waals surface area contributed by atoms with Gasteiger partial charge in [-0.1, -0.05) is 29.3 Å². The van der Waals surface area contributed by atoms with Crippen LogP contribution in [0.25, 0.3) is 16.7 Å². The van der Waals surface area contributed by atoms with E-state index in [1.54, 1.807) is 10.9 Å². The number of hydrogen-bond acceptors (Lipinski definition) is 3. The lowest BCUT2D eigenvalue weighted by atomic mass is 10.1. The van der Waals surface area contributed by atoms with E-state index in [1.807, 2.05) is 26.0 Å². The Morgan fingerprint density at radius 1 is 1.11 bits per heavy atom. The lowest BCUT2D eigenvalue weighted by Crippen LogP contribution is -2.01.